The van der Waals surface area contributed by atoms with Crippen molar-refractivity contribution in [3.8, 4) is 11.3 Å². The van der Waals surface area contributed by atoms with E-state index >= 15 is 0 Å². The van der Waals surface area contributed by atoms with Crippen LogP contribution in [0.1, 0.15) is 58.7 Å². The van der Waals surface area contributed by atoms with Crippen LogP contribution in [0, 0.1) is 6.92 Å². The second kappa shape index (κ2) is 9.22. The van der Waals surface area contributed by atoms with Gasteiger partial charge in [0.2, 0.25) is 5.95 Å². The van der Waals surface area contributed by atoms with Gasteiger partial charge in [-0.15, -0.1) is 11.3 Å². The minimum atomic E-state index is -0.0976. The minimum Gasteiger partial charge on any atom is -0.347 e. The topological polar surface area (TPSA) is 97.6 Å². The highest BCUT2D eigenvalue weighted by Gasteiger charge is 2.20. The average Bonchev–Trinajstić information content (AvgIpc) is 3.57. The predicted octanol–water partition coefficient (Wildman–Crippen LogP) is 5.02. The molecule has 1 amide bonds. The van der Waals surface area contributed by atoms with Crippen LogP contribution in [0.2, 0.25) is 0 Å². The number of anilines is 2. The van der Waals surface area contributed by atoms with Crippen molar-refractivity contribution in [2.24, 2.45) is 0 Å². The lowest BCUT2D eigenvalue weighted by Crippen LogP contribution is -2.22. The Morgan fingerprint density at radius 2 is 2.03 bits per heavy atom. The molecule has 0 spiro atoms. The third-order valence-electron chi connectivity index (χ3n) is 6.08. The summed E-state index contributed by atoms with van der Waals surface area (Å²) in [6.45, 7) is 9.76. The summed E-state index contributed by atoms with van der Waals surface area (Å²) >= 11 is 1.45. The molecule has 2 N–H and O–H groups in total. The van der Waals surface area contributed by atoms with Crippen LogP contribution in [0.3, 0.4) is 0 Å². The van der Waals surface area contributed by atoms with Gasteiger partial charge in [-0.05, 0) is 43.0 Å². The zero-order valence-corrected chi connectivity index (χ0v) is 21.2. The molecule has 0 atom stereocenters. The van der Waals surface area contributed by atoms with Gasteiger partial charge >= 0.3 is 0 Å². The SMILES string of the molecule is Cc1cc(-c2ccnc(Nc3cnn4c3CCC4)n2)ccc1CNC(=O)c1cnc(C(C)(C)C)s1. The van der Waals surface area contributed by atoms with E-state index in [-0.39, 0.29) is 11.3 Å². The molecule has 1 aromatic carbocycles. The first-order chi connectivity index (χ1) is 16.8. The maximum absolute atomic E-state index is 12.6. The Bertz CT molecular complexity index is 1380. The smallest absolute Gasteiger partial charge is 0.263 e. The maximum atomic E-state index is 12.6. The summed E-state index contributed by atoms with van der Waals surface area (Å²) in [5.41, 5.74) is 6.09. The number of carbonyl (C=O) groups is 1. The first kappa shape index (κ1) is 23.2. The van der Waals surface area contributed by atoms with Crippen LogP contribution in [0.4, 0.5) is 11.6 Å². The van der Waals surface area contributed by atoms with E-state index in [2.05, 4.69) is 52.5 Å². The lowest BCUT2D eigenvalue weighted by Gasteiger charge is -2.13. The number of aryl methyl sites for hydroxylation is 2. The third kappa shape index (κ3) is 4.95. The molecular formula is C26H29N7OS. The second-order valence-corrected chi connectivity index (χ2v) is 10.9. The van der Waals surface area contributed by atoms with Gasteiger partial charge in [-0.25, -0.2) is 15.0 Å². The van der Waals surface area contributed by atoms with Crippen LogP contribution in [-0.4, -0.2) is 30.6 Å². The number of nitrogens with one attached hydrogen (secondary N) is 2. The number of carbonyl (C=O) groups excluding carboxylic acids is 1. The Morgan fingerprint density at radius 1 is 1.17 bits per heavy atom. The van der Waals surface area contributed by atoms with Crippen LogP contribution in [-0.2, 0) is 24.9 Å². The Kier molecular flexibility index (Phi) is 6.10. The highest BCUT2D eigenvalue weighted by molar-refractivity contribution is 7.13. The van der Waals surface area contributed by atoms with Crippen molar-refractivity contribution >= 4 is 28.9 Å². The molecule has 0 radical (unpaired) electrons. The highest BCUT2D eigenvalue weighted by atomic mass is 32.1. The molecule has 0 aliphatic carbocycles. The molecule has 3 aromatic heterocycles. The zero-order valence-electron chi connectivity index (χ0n) is 20.4. The van der Waals surface area contributed by atoms with Crippen molar-refractivity contribution in [3.05, 3.63) is 69.6 Å². The summed E-state index contributed by atoms with van der Waals surface area (Å²) in [7, 11) is 0. The summed E-state index contributed by atoms with van der Waals surface area (Å²) in [4.78, 5) is 26.8. The monoisotopic (exact) mass is 487 g/mol. The summed E-state index contributed by atoms with van der Waals surface area (Å²) in [6.07, 6.45) is 7.40. The zero-order chi connectivity index (χ0) is 24.6. The van der Waals surface area contributed by atoms with Crippen LogP contribution in [0.5, 0.6) is 0 Å². The summed E-state index contributed by atoms with van der Waals surface area (Å²) in [5.74, 6) is 0.456. The number of nitrogens with zero attached hydrogens (tertiary/aromatic N) is 5. The van der Waals surface area contributed by atoms with E-state index in [0.717, 1.165) is 52.5 Å². The average molecular weight is 488 g/mol. The molecular weight excluding hydrogens is 458 g/mol. The molecule has 0 unspecified atom stereocenters. The van der Waals surface area contributed by atoms with Gasteiger partial charge in [0, 0.05) is 30.3 Å². The van der Waals surface area contributed by atoms with E-state index in [1.54, 1.807) is 12.4 Å². The minimum absolute atomic E-state index is 0.0644. The van der Waals surface area contributed by atoms with Crippen molar-refractivity contribution in [1.82, 2.24) is 30.0 Å². The van der Waals surface area contributed by atoms with Crippen molar-refractivity contribution < 1.29 is 4.79 Å². The van der Waals surface area contributed by atoms with E-state index in [9.17, 15) is 4.79 Å². The summed E-state index contributed by atoms with van der Waals surface area (Å²) in [6, 6.07) is 8.07. The van der Waals surface area contributed by atoms with Crippen molar-refractivity contribution in [3.63, 3.8) is 0 Å². The van der Waals surface area contributed by atoms with E-state index < -0.39 is 0 Å². The van der Waals surface area contributed by atoms with Gasteiger partial charge in [-0.2, -0.15) is 5.10 Å². The Labute approximate surface area is 208 Å². The largest absolute Gasteiger partial charge is 0.347 e. The van der Waals surface area contributed by atoms with Gasteiger partial charge in [0.1, 0.15) is 4.88 Å². The first-order valence-corrected chi connectivity index (χ1v) is 12.6. The summed E-state index contributed by atoms with van der Waals surface area (Å²) < 4.78 is 2.03. The Morgan fingerprint density at radius 3 is 2.80 bits per heavy atom. The molecule has 0 saturated carbocycles. The van der Waals surface area contributed by atoms with Gasteiger partial charge in [-0.3, -0.25) is 9.48 Å². The molecule has 8 nitrogen and oxygen atoms in total. The molecule has 0 fully saturated rings. The fourth-order valence-electron chi connectivity index (χ4n) is 4.11. The Balaban J connectivity index is 1.26. The van der Waals surface area contributed by atoms with Crippen molar-refractivity contribution in [2.75, 3.05) is 5.32 Å². The molecule has 35 heavy (non-hydrogen) atoms. The van der Waals surface area contributed by atoms with Crippen molar-refractivity contribution in [2.45, 2.75) is 59.0 Å². The van der Waals surface area contributed by atoms with Crippen LogP contribution in [0.25, 0.3) is 11.3 Å². The fraction of sp³-hybridized carbons (Fsp3) is 0.346. The molecule has 180 valence electrons. The number of hydrogen-bond acceptors (Lipinski definition) is 7. The molecule has 4 aromatic rings. The van der Waals surface area contributed by atoms with Gasteiger partial charge in [-0.1, -0.05) is 32.9 Å². The van der Waals surface area contributed by atoms with Gasteiger partial charge < -0.3 is 10.6 Å². The normalized spacial score (nSPS) is 13.0. The summed E-state index contributed by atoms with van der Waals surface area (Å²) in [5, 5.41) is 11.7. The number of benzene rings is 1. The van der Waals surface area contributed by atoms with E-state index in [0.29, 0.717) is 17.4 Å². The quantitative estimate of drug-likeness (QED) is 0.396. The fourth-order valence-corrected chi connectivity index (χ4v) is 5.00. The van der Waals surface area contributed by atoms with Gasteiger partial charge in [0.25, 0.3) is 5.91 Å². The van der Waals surface area contributed by atoms with Crippen LogP contribution in [0.15, 0.2) is 42.9 Å². The van der Waals surface area contributed by atoms with E-state index in [1.165, 1.54) is 17.0 Å². The number of fused-ring (bicyclic) bond motifs is 1. The molecule has 0 saturated heterocycles. The molecule has 1 aliphatic heterocycles. The molecule has 0 bridgehead atoms. The number of hydrogen-bond donors (Lipinski definition) is 2. The highest BCUT2D eigenvalue weighted by Crippen LogP contribution is 2.28. The number of aromatic nitrogens is 5. The number of thiazole rings is 1. The van der Waals surface area contributed by atoms with Crippen LogP contribution < -0.4 is 10.6 Å². The lowest BCUT2D eigenvalue weighted by molar-refractivity contribution is 0.0954. The molecule has 9 heteroatoms. The first-order valence-electron chi connectivity index (χ1n) is 11.8. The van der Waals surface area contributed by atoms with E-state index in [4.69, 9.17) is 4.98 Å². The van der Waals surface area contributed by atoms with Gasteiger partial charge in [0.15, 0.2) is 0 Å². The van der Waals surface area contributed by atoms with Gasteiger partial charge in [0.05, 0.1) is 34.5 Å². The van der Waals surface area contributed by atoms with Crippen LogP contribution >= 0.6 is 11.3 Å². The third-order valence-corrected chi connectivity index (χ3v) is 7.50. The van der Waals surface area contributed by atoms with Crippen molar-refractivity contribution in [1.29, 1.82) is 0 Å². The lowest BCUT2D eigenvalue weighted by atomic mass is 9.98. The number of rotatable bonds is 6. The molecule has 5 rings (SSSR count). The predicted molar refractivity (Wildman–Crippen MR) is 138 cm³/mol. The van der Waals surface area contributed by atoms with E-state index in [1.807, 2.05) is 36.0 Å². The second-order valence-electron chi connectivity index (χ2n) is 9.83. The molecule has 4 heterocycles. The number of amides is 1. The Hall–Kier alpha value is -3.59. The maximum Gasteiger partial charge on any atom is 0.263 e. The molecule has 1 aliphatic rings. The standard InChI is InChI=1S/C26H29N7OS/c1-16-12-17(7-8-18(16)13-28-23(34)22-15-29-24(35-22)26(2,3)4)19-9-10-27-25(31-19)32-20-14-30-33-11-5-6-21(20)33/h7-10,12,14-15H,5-6,11,13H2,1-4H3,(H,28,34)(H,27,31,32).